The van der Waals surface area contributed by atoms with Crippen LogP contribution in [0.3, 0.4) is 0 Å². The Kier molecular flexibility index (Phi) is 5.21. The van der Waals surface area contributed by atoms with Crippen LogP contribution in [-0.4, -0.2) is 37.3 Å². The molecule has 2 bridgehead atoms. The van der Waals surface area contributed by atoms with Gasteiger partial charge in [-0.15, -0.1) is 0 Å². The first kappa shape index (κ1) is 22.5. The van der Waals surface area contributed by atoms with E-state index in [9.17, 15) is 19.2 Å². The van der Waals surface area contributed by atoms with Crippen molar-refractivity contribution >= 4 is 35.1 Å². The van der Waals surface area contributed by atoms with Crippen LogP contribution in [0.2, 0.25) is 0 Å². The van der Waals surface area contributed by atoms with E-state index in [-0.39, 0.29) is 54.4 Å². The minimum absolute atomic E-state index is 0.0673. The highest BCUT2D eigenvalue weighted by Gasteiger charge is 2.59. The number of esters is 1. The average molecular weight is 487 g/mol. The molecule has 184 valence electrons. The van der Waals surface area contributed by atoms with E-state index < -0.39 is 11.9 Å². The Morgan fingerprint density at radius 3 is 2.17 bits per heavy atom. The number of amides is 3. The molecule has 5 atom stereocenters. The van der Waals surface area contributed by atoms with Gasteiger partial charge in [0.2, 0.25) is 17.7 Å². The number of carbonyl (C=O) groups is 4. The lowest BCUT2D eigenvalue weighted by atomic mass is 9.85. The van der Waals surface area contributed by atoms with Crippen LogP contribution in [0, 0.1) is 36.5 Å². The SMILES string of the molecule is COc1ccc(N2C[C@H](C(=O)Oc3ccc(N4C(=O)[C@@H]5[C@H](C4=O)[C@@H]4C=C[C@H]5C4)c(C)c3)CC2=O)cc1. The maximum atomic E-state index is 13.1. The molecule has 0 unspecified atom stereocenters. The van der Waals surface area contributed by atoms with Crippen LogP contribution in [0.25, 0.3) is 0 Å². The van der Waals surface area contributed by atoms with Crippen LogP contribution in [0.4, 0.5) is 11.4 Å². The molecule has 8 heteroatoms. The maximum absolute atomic E-state index is 13.1. The normalized spacial score (nSPS) is 28.3. The second kappa shape index (κ2) is 8.33. The molecule has 2 aliphatic heterocycles. The molecule has 2 saturated heterocycles. The monoisotopic (exact) mass is 486 g/mol. The number of methoxy groups -OCH3 is 1. The Bertz CT molecular complexity index is 1290. The first-order valence-electron chi connectivity index (χ1n) is 12.2. The molecule has 4 aliphatic rings. The molecule has 36 heavy (non-hydrogen) atoms. The number of carbonyl (C=O) groups excluding carboxylic acids is 4. The van der Waals surface area contributed by atoms with E-state index in [0.29, 0.717) is 28.4 Å². The third kappa shape index (κ3) is 3.43. The van der Waals surface area contributed by atoms with Crippen LogP contribution in [-0.2, 0) is 19.2 Å². The van der Waals surface area contributed by atoms with Crippen molar-refractivity contribution in [1.82, 2.24) is 0 Å². The molecule has 0 spiro atoms. The van der Waals surface area contributed by atoms with Crippen molar-refractivity contribution in [1.29, 1.82) is 0 Å². The summed E-state index contributed by atoms with van der Waals surface area (Å²) in [6.07, 6.45) is 5.09. The summed E-state index contributed by atoms with van der Waals surface area (Å²) < 4.78 is 10.8. The smallest absolute Gasteiger partial charge is 0.316 e. The highest BCUT2D eigenvalue weighted by atomic mass is 16.5. The molecule has 3 fully saturated rings. The second-order valence-electron chi connectivity index (χ2n) is 9.98. The van der Waals surface area contributed by atoms with Crippen LogP contribution in [0.15, 0.2) is 54.6 Å². The number of hydrogen-bond acceptors (Lipinski definition) is 6. The molecule has 8 nitrogen and oxygen atoms in total. The molecule has 2 aromatic rings. The largest absolute Gasteiger partial charge is 0.497 e. The summed E-state index contributed by atoms with van der Waals surface area (Å²) in [5, 5.41) is 0. The van der Waals surface area contributed by atoms with Gasteiger partial charge in [0.1, 0.15) is 11.5 Å². The summed E-state index contributed by atoms with van der Waals surface area (Å²) in [4.78, 5) is 54.6. The van der Waals surface area contributed by atoms with Crippen molar-refractivity contribution < 1.29 is 28.7 Å². The fraction of sp³-hybridized carbons (Fsp3) is 0.357. The number of rotatable bonds is 5. The number of aryl methyl sites for hydroxylation is 1. The van der Waals surface area contributed by atoms with Gasteiger partial charge in [-0.05, 0) is 73.2 Å². The molecule has 2 aliphatic carbocycles. The minimum Gasteiger partial charge on any atom is -0.497 e. The Labute approximate surface area is 208 Å². The molecule has 3 amide bonds. The zero-order valence-corrected chi connectivity index (χ0v) is 20.0. The second-order valence-corrected chi connectivity index (χ2v) is 9.98. The van der Waals surface area contributed by atoms with E-state index in [1.165, 1.54) is 4.90 Å². The summed E-state index contributed by atoms with van der Waals surface area (Å²) in [5.74, 6) is -0.745. The highest BCUT2D eigenvalue weighted by Crippen LogP contribution is 2.53. The van der Waals surface area contributed by atoms with E-state index in [2.05, 4.69) is 12.2 Å². The number of benzene rings is 2. The molecule has 0 radical (unpaired) electrons. The number of fused-ring (bicyclic) bond motifs is 5. The predicted molar refractivity (Wildman–Crippen MR) is 130 cm³/mol. The molecule has 0 aromatic heterocycles. The third-order valence-electron chi connectivity index (χ3n) is 7.94. The lowest BCUT2D eigenvalue weighted by molar-refractivity contribution is -0.139. The van der Waals surface area contributed by atoms with Crippen molar-refractivity contribution in [3.63, 3.8) is 0 Å². The minimum atomic E-state index is -0.594. The first-order valence-corrected chi connectivity index (χ1v) is 12.2. The van der Waals surface area contributed by atoms with Gasteiger partial charge >= 0.3 is 5.97 Å². The predicted octanol–water partition coefficient (Wildman–Crippen LogP) is 3.27. The average Bonchev–Trinajstić information content (AvgIpc) is 3.64. The molecular weight excluding hydrogens is 460 g/mol. The van der Waals surface area contributed by atoms with Crippen LogP contribution in [0.5, 0.6) is 11.5 Å². The number of anilines is 2. The molecule has 2 aromatic carbocycles. The van der Waals surface area contributed by atoms with E-state index in [0.717, 1.165) is 6.42 Å². The number of nitrogens with zero attached hydrogens (tertiary/aromatic N) is 2. The fourth-order valence-electron chi connectivity index (χ4n) is 6.16. The van der Waals surface area contributed by atoms with Crippen molar-refractivity contribution in [3.05, 3.63) is 60.2 Å². The van der Waals surface area contributed by atoms with Gasteiger partial charge in [0, 0.05) is 18.7 Å². The summed E-state index contributed by atoms with van der Waals surface area (Å²) in [7, 11) is 1.57. The Morgan fingerprint density at radius 1 is 0.917 bits per heavy atom. The van der Waals surface area contributed by atoms with Crippen molar-refractivity contribution in [3.8, 4) is 11.5 Å². The zero-order valence-electron chi connectivity index (χ0n) is 20.0. The van der Waals surface area contributed by atoms with Crippen molar-refractivity contribution in [2.24, 2.45) is 29.6 Å². The van der Waals surface area contributed by atoms with E-state index in [1.54, 1.807) is 61.4 Å². The molecule has 6 rings (SSSR count). The van der Waals surface area contributed by atoms with Gasteiger partial charge in [-0.2, -0.15) is 0 Å². The van der Waals surface area contributed by atoms with Gasteiger partial charge in [-0.3, -0.25) is 19.2 Å². The number of hydrogen-bond donors (Lipinski definition) is 0. The van der Waals surface area contributed by atoms with Gasteiger partial charge < -0.3 is 14.4 Å². The number of ether oxygens (including phenoxy) is 2. The van der Waals surface area contributed by atoms with Gasteiger partial charge in [0.05, 0.1) is 30.6 Å². The van der Waals surface area contributed by atoms with Gasteiger partial charge in [-0.25, -0.2) is 4.90 Å². The van der Waals surface area contributed by atoms with Gasteiger partial charge in [-0.1, -0.05) is 12.2 Å². The topological polar surface area (TPSA) is 93.2 Å². The third-order valence-corrected chi connectivity index (χ3v) is 7.94. The summed E-state index contributed by atoms with van der Waals surface area (Å²) in [6, 6.07) is 12.0. The summed E-state index contributed by atoms with van der Waals surface area (Å²) in [6.45, 7) is 2.02. The molecule has 2 heterocycles. The van der Waals surface area contributed by atoms with Crippen LogP contribution >= 0.6 is 0 Å². The van der Waals surface area contributed by atoms with Gasteiger partial charge in [0.15, 0.2) is 0 Å². The molecule has 1 saturated carbocycles. The highest BCUT2D eigenvalue weighted by molar-refractivity contribution is 6.23. The van der Waals surface area contributed by atoms with Crippen molar-refractivity contribution in [2.75, 3.05) is 23.5 Å². The zero-order chi connectivity index (χ0) is 25.1. The number of imide groups is 1. The standard InChI is InChI=1S/C28H26N2O6/c1-15-11-21(9-10-22(15)30-26(32)24-16-3-4-17(12-16)25(24)27(30)33)36-28(34)18-13-23(31)29(14-18)19-5-7-20(35-2)8-6-19/h3-11,16-18,24-25H,12-14H2,1-2H3/t16-,17+,18-,24-,25+/m1/s1. The lowest BCUT2D eigenvalue weighted by Gasteiger charge is -2.20. The van der Waals surface area contributed by atoms with Crippen LogP contribution < -0.4 is 19.3 Å². The van der Waals surface area contributed by atoms with Crippen LogP contribution in [0.1, 0.15) is 18.4 Å². The van der Waals surface area contributed by atoms with E-state index >= 15 is 0 Å². The quantitative estimate of drug-likeness (QED) is 0.279. The Balaban J connectivity index is 1.14. The van der Waals surface area contributed by atoms with E-state index in [4.69, 9.17) is 9.47 Å². The molecular formula is C28H26N2O6. The Hall–Kier alpha value is -3.94. The maximum Gasteiger partial charge on any atom is 0.316 e. The Morgan fingerprint density at radius 2 is 1.56 bits per heavy atom. The summed E-state index contributed by atoms with van der Waals surface area (Å²) in [5.41, 5.74) is 1.90. The van der Waals surface area contributed by atoms with Gasteiger partial charge in [0.25, 0.3) is 0 Å². The summed E-state index contributed by atoms with van der Waals surface area (Å²) >= 11 is 0. The lowest BCUT2D eigenvalue weighted by Crippen LogP contribution is -2.33. The molecule has 0 N–H and O–H groups in total. The fourth-order valence-corrected chi connectivity index (χ4v) is 6.16. The number of allylic oxidation sites excluding steroid dienone is 2. The first-order chi connectivity index (χ1) is 17.4. The van der Waals surface area contributed by atoms with Crippen molar-refractivity contribution in [2.45, 2.75) is 19.8 Å². The van der Waals surface area contributed by atoms with E-state index in [1.807, 2.05) is 0 Å².